The molecular formula is C14H18N2O4S. The van der Waals surface area contributed by atoms with Gasteiger partial charge in [-0.25, -0.2) is 8.42 Å². The van der Waals surface area contributed by atoms with Gasteiger partial charge in [0.1, 0.15) is 0 Å². The van der Waals surface area contributed by atoms with Gasteiger partial charge in [-0.1, -0.05) is 19.1 Å². The number of likely N-dealkylation sites (tertiary alicyclic amines) is 1. The molecule has 7 heteroatoms. The van der Waals surface area contributed by atoms with Gasteiger partial charge in [0.2, 0.25) is 11.8 Å². The van der Waals surface area contributed by atoms with Crippen molar-refractivity contribution in [3.8, 4) is 0 Å². The lowest BCUT2D eigenvalue weighted by Gasteiger charge is -2.14. The third kappa shape index (κ3) is 3.30. The zero-order valence-electron chi connectivity index (χ0n) is 11.8. The average molecular weight is 310 g/mol. The maximum Gasteiger partial charge on any atom is 0.232 e. The number of imide groups is 1. The molecule has 1 aromatic rings. The molecule has 21 heavy (non-hydrogen) atoms. The van der Waals surface area contributed by atoms with Crippen LogP contribution in [0.3, 0.4) is 0 Å². The van der Waals surface area contributed by atoms with Gasteiger partial charge in [-0.3, -0.25) is 14.5 Å². The highest BCUT2D eigenvalue weighted by molar-refractivity contribution is 7.91. The van der Waals surface area contributed by atoms with E-state index in [1.54, 1.807) is 19.1 Å². The van der Waals surface area contributed by atoms with E-state index in [0.717, 1.165) is 10.5 Å². The predicted molar refractivity (Wildman–Crippen MR) is 76.9 cm³/mol. The number of sulfone groups is 1. The molecule has 2 N–H and O–H groups in total. The minimum absolute atomic E-state index is 0.0943. The summed E-state index contributed by atoms with van der Waals surface area (Å²) in [6.07, 6.45) is 0.157. The van der Waals surface area contributed by atoms with Gasteiger partial charge in [-0.15, -0.1) is 0 Å². The van der Waals surface area contributed by atoms with Crippen molar-refractivity contribution in [1.29, 1.82) is 0 Å². The lowest BCUT2D eigenvalue weighted by Crippen LogP contribution is -2.34. The average Bonchev–Trinajstić information content (AvgIpc) is 2.70. The van der Waals surface area contributed by atoms with E-state index in [0.29, 0.717) is 6.54 Å². The molecule has 2 rings (SSSR count). The number of benzene rings is 1. The third-order valence-corrected chi connectivity index (χ3v) is 5.28. The van der Waals surface area contributed by atoms with Gasteiger partial charge in [0, 0.05) is 25.4 Å². The minimum Gasteiger partial charge on any atom is -0.326 e. The van der Waals surface area contributed by atoms with Gasteiger partial charge in [-0.2, -0.15) is 0 Å². The quantitative estimate of drug-likeness (QED) is 0.790. The van der Waals surface area contributed by atoms with Crippen LogP contribution in [0.25, 0.3) is 0 Å². The van der Waals surface area contributed by atoms with Crippen molar-refractivity contribution in [3.05, 3.63) is 29.8 Å². The number of rotatable bonds is 5. The van der Waals surface area contributed by atoms with E-state index in [1.165, 1.54) is 12.1 Å². The van der Waals surface area contributed by atoms with Gasteiger partial charge in [0.15, 0.2) is 9.84 Å². The largest absolute Gasteiger partial charge is 0.326 e. The molecule has 6 nitrogen and oxygen atoms in total. The van der Waals surface area contributed by atoms with Crippen LogP contribution in [-0.4, -0.2) is 37.4 Å². The first-order valence-electron chi connectivity index (χ1n) is 6.71. The Morgan fingerprint density at radius 3 is 2.33 bits per heavy atom. The number of carbonyl (C=O) groups is 2. The van der Waals surface area contributed by atoms with Crippen molar-refractivity contribution in [2.45, 2.75) is 24.8 Å². The summed E-state index contributed by atoms with van der Waals surface area (Å²) in [4.78, 5) is 24.6. The van der Waals surface area contributed by atoms with Crippen molar-refractivity contribution in [2.75, 3.05) is 12.3 Å². The SMILES string of the molecule is CC1CC(=O)N(CCS(=O)(=O)c2ccc(CN)cc2)C1=O. The lowest BCUT2D eigenvalue weighted by molar-refractivity contribution is -0.138. The fourth-order valence-corrected chi connectivity index (χ4v) is 3.45. The van der Waals surface area contributed by atoms with Gasteiger partial charge >= 0.3 is 0 Å². The summed E-state index contributed by atoms with van der Waals surface area (Å²) in [5, 5.41) is 0. The molecule has 2 amide bonds. The van der Waals surface area contributed by atoms with Crippen LogP contribution in [0.5, 0.6) is 0 Å². The molecule has 1 heterocycles. The Kier molecular flexibility index (Phi) is 4.43. The van der Waals surface area contributed by atoms with Crippen LogP contribution >= 0.6 is 0 Å². The number of hydrogen-bond acceptors (Lipinski definition) is 5. The number of nitrogens with two attached hydrogens (primary N) is 1. The first-order valence-corrected chi connectivity index (χ1v) is 8.36. The second-order valence-electron chi connectivity index (χ2n) is 5.16. The van der Waals surface area contributed by atoms with E-state index >= 15 is 0 Å². The summed E-state index contributed by atoms with van der Waals surface area (Å²) >= 11 is 0. The first-order chi connectivity index (χ1) is 9.85. The third-order valence-electron chi connectivity index (χ3n) is 3.57. The van der Waals surface area contributed by atoms with Crippen LogP contribution in [0.1, 0.15) is 18.9 Å². The summed E-state index contributed by atoms with van der Waals surface area (Å²) in [6, 6.07) is 6.30. The Bertz CT molecular complexity index is 652. The molecule has 1 aliphatic heterocycles. The number of carbonyl (C=O) groups excluding carboxylic acids is 2. The van der Waals surface area contributed by atoms with E-state index < -0.39 is 9.84 Å². The summed E-state index contributed by atoms with van der Waals surface area (Å²) in [6.45, 7) is 1.91. The molecule has 0 saturated carbocycles. The number of hydrogen-bond donors (Lipinski definition) is 1. The Hall–Kier alpha value is -1.73. The molecule has 1 fully saturated rings. The summed E-state index contributed by atoms with van der Waals surface area (Å²) in [5.74, 6) is -1.22. The van der Waals surface area contributed by atoms with Crippen LogP contribution in [0.2, 0.25) is 0 Å². The van der Waals surface area contributed by atoms with E-state index in [9.17, 15) is 18.0 Å². The van der Waals surface area contributed by atoms with Crippen molar-refractivity contribution in [1.82, 2.24) is 4.90 Å². The molecule has 1 aliphatic rings. The monoisotopic (exact) mass is 310 g/mol. The lowest BCUT2D eigenvalue weighted by atomic mass is 10.1. The Morgan fingerprint density at radius 2 is 1.86 bits per heavy atom. The van der Waals surface area contributed by atoms with E-state index in [2.05, 4.69) is 0 Å². The first kappa shape index (κ1) is 15.7. The van der Waals surface area contributed by atoms with Crippen molar-refractivity contribution < 1.29 is 18.0 Å². The zero-order valence-corrected chi connectivity index (χ0v) is 12.6. The Labute approximate surface area is 123 Å². The molecule has 114 valence electrons. The second-order valence-corrected chi connectivity index (χ2v) is 7.26. The van der Waals surface area contributed by atoms with Gasteiger partial charge in [0.05, 0.1) is 10.6 Å². The Balaban J connectivity index is 2.07. The molecule has 0 radical (unpaired) electrons. The van der Waals surface area contributed by atoms with Crippen LogP contribution < -0.4 is 5.73 Å². The van der Waals surface area contributed by atoms with E-state index in [-0.39, 0.29) is 41.3 Å². The summed E-state index contributed by atoms with van der Waals surface area (Å²) in [7, 11) is -3.52. The van der Waals surface area contributed by atoms with Crippen LogP contribution in [0, 0.1) is 5.92 Å². The fraction of sp³-hybridized carbons (Fsp3) is 0.429. The normalized spacial score (nSPS) is 19.3. The predicted octanol–water partition coefficient (Wildman–Crippen LogP) is 0.314. The fourth-order valence-electron chi connectivity index (χ4n) is 2.25. The molecule has 1 saturated heterocycles. The zero-order chi connectivity index (χ0) is 15.6. The standard InChI is InChI=1S/C14H18N2O4S/c1-10-8-13(17)16(14(10)18)6-7-21(19,20)12-4-2-11(9-15)3-5-12/h2-5,10H,6-9,15H2,1H3. The van der Waals surface area contributed by atoms with E-state index in [4.69, 9.17) is 5.73 Å². The number of nitrogens with zero attached hydrogens (tertiary/aromatic N) is 1. The van der Waals surface area contributed by atoms with Crippen molar-refractivity contribution in [3.63, 3.8) is 0 Å². The maximum absolute atomic E-state index is 12.2. The van der Waals surface area contributed by atoms with Gasteiger partial charge in [0.25, 0.3) is 0 Å². The maximum atomic E-state index is 12.2. The summed E-state index contributed by atoms with van der Waals surface area (Å²) < 4.78 is 24.4. The van der Waals surface area contributed by atoms with E-state index in [1.807, 2.05) is 0 Å². The highest BCUT2D eigenvalue weighted by Crippen LogP contribution is 2.19. The Morgan fingerprint density at radius 1 is 1.24 bits per heavy atom. The van der Waals surface area contributed by atoms with Crippen LogP contribution in [-0.2, 0) is 26.0 Å². The molecule has 0 spiro atoms. The van der Waals surface area contributed by atoms with Gasteiger partial charge < -0.3 is 5.73 Å². The molecular weight excluding hydrogens is 292 g/mol. The van der Waals surface area contributed by atoms with Crippen LogP contribution in [0.15, 0.2) is 29.2 Å². The number of amides is 2. The second kappa shape index (κ2) is 5.95. The highest BCUT2D eigenvalue weighted by atomic mass is 32.2. The molecule has 0 aromatic heterocycles. The topological polar surface area (TPSA) is 97.5 Å². The van der Waals surface area contributed by atoms with Crippen LogP contribution in [0.4, 0.5) is 0 Å². The summed E-state index contributed by atoms with van der Waals surface area (Å²) in [5.41, 5.74) is 6.30. The highest BCUT2D eigenvalue weighted by Gasteiger charge is 2.35. The van der Waals surface area contributed by atoms with Gasteiger partial charge in [-0.05, 0) is 17.7 Å². The van der Waals surface area contributed by atoms with Crippen molar-refractivity contribution in [2.24, 2.45) is 11.7 Å². The molecule has 0 aliphatic carbocycles. The molecule has 1 atom stereocenters. The molecule has 0 bridgehead atoms. The molecule has 1 aromatic carbocycles. The molecule has 1 unspecified atom stereocenters. The van der Waals surface area contributed by atoms with Crippen molar-refractivity contribution >= 4 is 21.7 Å². The smallest absolute Gasteiger partial charge is 0.232 e. The minimum atomic E-state index is -3.52.